The van der Waals surface area contributed by atoms with Gasteiger partial charge in [0.05, 0.1) is 34.3 Å². The van der Waals surface area contributed by atoms with Gasteiger partial charge >= 0.3 is 0 Å². The average molecular weight is 477 g/mol. The summed E-state index contributed by atoms with van der Waals surface area (Å²) in [5.41, 5.74) is 1.36. The maximum Gasteiger partial charge on any atom is 0.270 e. The molecule has 1 aliphatic heterocycles. The second kappa shape index (κ2) is 10.3. The van der Waals surface area contributed by atoms with Gasteiger partial charge in [-0.15, -0.1) is 0 Å². The molecule has 1 N–H and O–H groups in total. The molecule has 0 saturated carbocycles. The van der Waals surface area contributed by atoms with Crippen LogP contribution in [0.5, 0.6) is 0 Å². The van der Waals surface area contributed by atoms with E-state index in [4.69, 9.17) is 4.74 Å². The Balaban J connectivity index is 1.76. The van der Waals surface area contributed by atoms with E-state index in [1.165, 1.54) is 35.6 Å². The molecular formula is C22H28N4O6S. The third kappa shape index (κ3) is 5.67. The van der Waals surface area contributed by atoms with Crippen LogP contribution in [0, 0.1) is 10.1 Å². The largest absolute Gasteiger partial charge is 0.378 e. The van der Waals surface area contributed by atoms with Crippen LogP contribution in [0.15, 0.2) is 47.4 Å². The Morgan fingerprint density at radius 1 is 1.18 bits per heavy atom. The monoisotopic (exact) mass is 476 g/mol. The van der Waals surface area contributed by atoms with Crippen LogP contribution in [0.3, 0.4) is 0 Å². The average Bonchev–Trinajstić information content (AvgIpc) is 2.82. The minimum Gasteiger partial charge on any atom is -0.378 e. The standard InChI is InChI=1S/C22H28N4O6S/c1-16(2)24(3)33(30,31)19-7-4-17(5-8-19)15-23-22(27)20-14-18(26(28)29)6-9-21(20)25-10-12-32-13-11-25/h4-9,14,16H,10-13,15H2,1-3H3,(H,23,27). The molecule has 2 aromatic carbocycles. The number of nitrogens with zero attached hydrogens (tertiary/aromatic N) is 3. The summed E-state index contributed by atoms with van der Waals surface area (Å²) in [5, 5.41) is 14.0. The normalized spacial score (nSPS) is 14.5. The van der Waals surface area contributed by atoms with E-state index >= 15 is 0 Å². The Kier molecular flexibility index (Phi) is 7.67. The molecule has 0 atom stereocenters. The lowest BCUT2D eigenvalue weighted by Crippen LogP contribution is -2.38. The zero-order valence-corrected chi connectivity index (χ0v) is 19.7. The number of ether oxygens (including phenoxy) is 1. The van der Waals surface area contributed by atoms with Crippen molar-refractivity contribution < 1.29 is 22.9 Å². The summed E-state index contributed by atoms with van der Waals surface area (Å²) in [6.45, 7) is 5.92. The Morgan fingerprint density at radius 3 is 2.39 bits per heavy atom. The van der Waals surface area contributed by atoms with Crippen molar-refractivity contribution in [1.29, 1.82) is 0 Å². The molecular weight excluding hydrogens is 448 g/mol. The molecule has 10 nitrogen and oxygen atoms in total. The second-order valence-corrected chi connectivity index (χ2v) is 10.00. The summed E-state index contributed by atoms with van der Waals surface area (Å²) in [6, 6.07) is 10.3. The fourth-order valence-electron chi connectivity index (χ4n) is 3.40. The predicted octanol–water partition coefficient (Wildman–Crippen LogP) is 2.39. The second-order valence-electron chi connectivity index (χ2n) is 8.00. The van der Waals surface area contributed by atoms with Crippen LogP contribution >= 0.6 is 0 Å². The first kappa shape index (κ1) is 24.6. The number of nitrogens with one attached hydrogen (secondary N) is 1. The highest BCUT2D eigenvalue weighted by Gasteiger charge is 2.24. The van der Waals surface area contributed by atoms with Crippen molar-refractivity contribution in [1.82, 2.24) is 9.62 Å². The van der Waals surface area contributed by atoms with Gasteiger partial charge in [-0.1, -0.05) is 12.1 Å². The van der Waals surface area contributed by atoms with Gasteiger partial charge in [0.2, 0.25) is 10.0 Å². The van der Waals surface area contributed by atoms with Crippen LogP contribution in [0.2, 0.25) is 0 Å². The van der Waals surface area contributed by atoms with Crippen molar-refractivity contribution in [2.24, 2.45) is 0 Å². The molecule has 1 saturated heterocycles. The van der Waals surface area contributed by atoms with Crippen LogP contribution < -0.4 is 10.2 Å². The van der Waals surface area contributed by atoms with Gasteiger partial charge < -0.3 is 15.0 Å². The molecule has 0 aliphatic carbocycles. The molecule has 0 bridgehead atoms. The summed E-state index contributed by atoms with van der Waals surface area (Å²) >= 11 is 0. The van der Waals surface area contributed by atoms with Crippen LogP contribution in [0.1, 0.15) is 29.8 Å². The molecule has 1 aliphatic rings. The van der Waals surface area contributed by atoms with Crippen molar-refractivity contribution >= 4 is 27.3 Å². The highest BCUT2D eigenvalue weighted by Crippen LogP contribution is 2.26. The number of rotatable bonds is 8. The first-order chi connectivity index (χ1) is 15.6. The zero-order chi connectivity index (χ0) is 24.2. The van der Waals surface area contributed by atoms with Crippen LogP contribution in [0.25, 0.3) is 0 Å². The zero-order valence-electron chi connectivity index (χ0n) is 18.9. The van der Waals surface area contributed by atoms with Gasteiger partial charge in [-0.05, 0) is 37.6 Å². The van der Waals surface area contributed by atoms with E-state index in [1.54, 1.807) is 32.0 Å². The Labute approximate surface area is 193 Å². The van der Waals surface area contributed by atoms with Crippen molar-refractivity contribution in [3.63, 3.8) is 0 Å². The fourth-order valence-corrected chi connectivity index (χ4v) is 4.77. The summed E-state index contributed by atoms with van der Waals surface area (Å²) < 4.78 is 31.8. The van der Waals surface area contributed by atoms with Gasteiger partial charge in [0.1, 0.15) is 0 Å². The predicted molar refractivity (Wildman–Crippen MR) is 124 cm³/mol. The Morgan fingerprint density at radius 2 is 1.82 bits per heavy atom. The van der Waals surface area contributed by atoms with Gasteiger partial charge in [-0.25, -0.2) is 8.42 Å². The minimum absolute atomic E-state index is 0.143. The lowest BCUT2D eigenvalue weighted by atomic mass is 10.1. The Bertz CT molecular complexity index is 1110. The quantitative estimate of drug-likeness (QED) is 0.458. The van der Waals surface area contributed by atoms with Crippen LogP contribution in [-0.2, 0) is 21.3 Å². The number of benzene rings is 2. The van der Waals surface area contributed by atoms with E-state index in [9.17, 15) is 23.3 Å². The third-order valence-electron chi connectivity index (χ3n) is 5.57. The summed E-state index contributed by atoms with van der Waals surface area (Å²) in [6.07, 6.45) is 0. The van der Waals surface area contributed by atoms with E-state index < -0.39 is 20.9 Å². The van der Waals surface area contributed by atoms with Crippen molar-refractivity contribution in [2.75, 3.05) is 38.3 Å². The van der Waals surface area contributed by atoms with Crippen molar-refractivity contribution in [3.05, 3.63) is 63.7 Å². The minimum atomic E-state index is -3.59. The number of hydrogen-bond acceptors (Lipinski definition) is 7. The number of non-ortho nitro benzene ring substituents is 1. The number of carbonyl (C=O) groups excluding carboxylic acids is 1. The third-order valence-corrected chi connectivity index (χ3v) is 7.62. The molecule has 1 amide bonds. The highest BCUT2D eigenvalue weighted by atomic mass is 32.2. The van der Waals surface area contributed by atoms with Gasteiger partial charge in [-0.3, -0.25) is 14.9 Å². The first-order valence-corrected chi connectivity index (χ1v) is 12.0. The topological polar surface area (TPSA) is 122 Å². The van der Waals surface area contributed by atoms with Gasteiger partial charge in [0.15, 0.2) is 0 Å². The number of sulfonamides is 1. The first-order valence-electron chi connectivity index (χ1n) is 10.6. The smallest absolute Gasteiger partial charge is 0.270 e. The van der Waals surface area contributed by atoms with Crippen LogP contribution in [-0.4, -0.2) is 62.9 Å². The molecule has 0 spiro atoms. The number of carbonyl (C=O) groups is 1. The molecule has 0 unspecified atom stereocenters. The molecule has 1 heterocycles. The number of nitro benzene ring substituents is 1. The molecule has 3 rings (SSSR count). The molecule has 2 aromatic rings. The highest BCUT2D eigenvalue weighted by molar-refractivity contribution is 7.89. The lowest BCUT2D eigenvalue weighted by molar-refractivity contribution is -0.384. The van der Waals surface area contributed by atoms with Gasteiger partial charge in [0, 0.05) is 44.9 Å². The van der Waals surface area contributed by atoms with E-state index in [2.05, 4.69) is 5.32 Å². The summed E-state index contributed by atoms with van der Waals surface area (Å²) in [5.74, 6) is -0.448. The number of anilines is 1. The molecule has 1 fully saturated rings. The lowest BCUT2D eigenvalue weighted by Gasteiger charge is -2.30. The van der Waals surface area contributed by atoms with Gasteiger partial charge in [0.25, 0.3) is 11.6 Å². The molecule has 0 aromatic heterocycles. The molecule has 178 valence electrons. The Hall–Kier alpha value is -3.02. The van der Waals surface area contributed by atoms with Crippen molar-refractivity contribution in [3.8, 4) is 0 Å². The number of hydrogen-bond donors (Lipinski definition) is 1. The fraction of sp³-hybridized carbons (Fsp3) is 0.409. The van der Waals surface area contributed by atoms with Gasteiger partial charge in [-0.2, -0.15) is 4.31 Å². The SMILES string of the molecule is CC(C)N(C)S(=O)(=O)c1ccc(CNC(=O)c2cc([N+](=O)[O-])ccc2N2CCOCC2)cc1. The van der Waals surface area contributed by atoms with E-state index in [1.807, 2.05) is 4.90 Å². The maximum absolute atomic E-state index is 13.0. The van der Waals surface area contributed by atoms with E-state index in [0.717, 1.165) is 0 Å². The van der Waals surface area contributed by atoms with Crippen molar-refractivity contribution in [2.45, 2.75) is 31.3 Å². The molecule has 33 heavy (non-hydrogen) atoms. The summed E-state index contributed by atoms with van der Waals surface area (Å²) in [4.78, 5) is 25.8. The number of amides is 1. The van der Waals surface area contributed by atoms with E-state index in [-0.39, 0.29) is 28.7 Å². The number of nitro groups is 1. The number of morpholine rings is 1. The maximum atomic E-state index is 13.0. The molecule has 0 radical (unpaired) electrons. The molecule has 11 heteroatoms. The van der Waals surface area contributed by atoms with E-state index in [0.29, 0.717) is 37.6 Å². The summed E-state index contributed by atoms with van der Waals surface area (Å²) in [7, 11) is -2.07. The van der Waals surface area contributed by atoms with Crippen LogP contribution in [0.4, 0.5) is 11.4 Å².